The molecule has 0 aliphatic heterocycles. The zero-order valence-electron chi connectivity index (χ0n) is 33.1. The Morgan fingerprint density at radius 2 is 0.300 bits per heavy atom. The van der Waals surface area contributed by atoms with E-state index in [9.17, 15) is 0 Å². The van der Waals surface area contributed by atoms with Crippen LogP contribution in [0.15, 0.2) is 267 Å². The SMILES string of the molecule is c1ccc(P(c2ccccc2)N(c2ccc(N(P(c3ccccc3)c3ccccc3)P(c3ccccc3)c3ccccc3)cc2)P(c2ccccc2)c2ccccc2)cc1. The van der Waals surface area contributed by atoms with Gasteiger partial charge < -0.3 is 8.88 Å². The Morgan fingerprint density at radius 3 is 0.433 bits per heavy atom. The summed E-state index contributed by atoms with van der Waals surface area (Å²) < 4.78 is 5.53. The van der Waals surface area contributed by atoms with Crippen molar-refractivity contribution in [3.8, 4) is 0 Å². The first-order valence-electron chi connectivity index (χ1n) is 20.1. The number of benzene rings is 9. The van der Waals surface area contributed by atoms with Gasteiger partial charge in [0.1, 0.15) is 0 Å². The highest BCUT2D eigenvalue weighted by Crippen LogP contribution is 2.60. The lowest BCUT2D eigenvalue weighted by molar-refractivity contribution is 1.52. The number of rotatable bonds is 14. The molecule has 0 aliphatic carbocycles. The van der Waals surface area contributed by atoms with Crippen molar-refractivity contribution in [2.75, 3.05) is 8.88 Å². The van der Waals surface area contributed by atoms with Crippen molar-refractivity contribution in [2.24, 2.45) is 0 Å². The van der Waals surface area contributed by atoms with Gasteiger partial charge in [0.05, 0.1) is 32.3 Å². The average molecular weight is 845 g/mol. The second-order valence-electron chi connectivity index (χ2n) is 14.0. The second-order valence-corrected chi connectivity index (χ2v) is 22.9. The van der Waals surface area contributed by atoms with Crippen LogP contribution in [0.1, 0.15) is 0 Å². The van der Waals surface area contributed by atoms with E-state index in [0.29, 0.717) is 0 Å². The van der Waals surface area contributed by atoms with Crippen LogP contribution in [-0.4, -0.2) is 0 Å². The van der Waals surface area contributed by atoms with Crippen molar-refractivity contribution >= 4 is 86.1 Å². The maximum atomic E-state index is 2.77. The lowest BCUT2D eigenvalue weighted by Gasteiger charge is -2.42. The molecule has 0 N–H and O–H groups in total. The number of anilines is 2. The molecule has 2 nitrogen and oxygen atoms in total. The summed E-state index contributed by atoms with van der Waals surface area (Å²) in [5.41, 5.74) is 2.40. The first kappa shape index (κ1) is 39.7. The normalized spacial score (nSPS) is 11.3. The third kappa shape index (κ3) is 8.91. The van der Waals surface area contributed by atoms with Crippen LogP contribution in [0.4, 0.5) is 11.4 Å². The van der Waals surface area contributed by atoms with E-state index < -0.39 is 32.3 Å². The molecule has 0 unspecified atom stereocenters. The molecule has 0 fully saturated rings. The van der Waals surface area contributed by atoms with Gasteiger partial charge in [0.15, 0.2) is 0 Å². The van der Waals surface area contributed by atoms with Crippen LogP contribution < -0.4 is 51.3 Å². The molecule has 0 amide bonds. The Kier molecular flexibility index (Phi) is 13.0. The van der Waals surface area contributed by atoms with Gasteiger partial charge >= 0.3 is 0 Å². The molecule has 0 saturated heterocycles. The van der Waals surface area contributed by atoms with E-state index in [1.54, 1.807) is 0 Å². The first-order chi connectivity index (χ1) is 29.8. The summed E-state index contributed by atoms with van der Waals surface area (Å²) in [6.45, 7) is 0. The fourth-order valence-electron chi connectivity index (χ4n) is 7.38. The molecular formula is C54H44N2P4. The monoisotopic (exact) mass is 844 g/mol. The quantitative estimate of drug-likeness (QED) is 0.101. The van der Waals surface area contributed by atoms with E-state index in [1.165, 1.54) is 53.8 Å². The molecule has 60 heavy (non-hydrogen) atoms. The van der Waals surface area contributed by atoms with E-state index >= 15 is 0 Å². The lowest BCUT2D eigenvalue weighted by atomic mass is 10.3. The van der Waals surface area contributed by atoms with Crippen molar-refractivity contribution in [3.63, 3.8) is 0 Å². The highest BCUT2D eigenvalue weighted by atomic mass is 31.2. The Labute approximate surface area is 360 Å². The van der Waals surface area contributed by atoms with Crippen LogP contribution in [0, 0.1) is 0 Å². The summed E-state index contributed by atoms with van der Waals surface area (Å²) in [7, 11) is -4.06. The van der Waals surface area contributed by atoms with Crippen LogP contribution in [0.5, 0.6) is 0 Å². The molecule has 0 radical (unpaired) electrons. The molecule has 290 valence electrons. The third-order valence-corrected chi connectivity index (χ3v) is 21.0. The first-order valence-corrected chi connectivity index (χ1v) is 25.3. The van der Waals surface area contributed by atoms with Gasteiger partial charge in [-0.1, -0.05) is 243 Å². The van der Waals surface area contributed by atoms with Gasteiger partial charge in [0, 0.05) is 53.8 Å². The van der Waals surface area contributed by atoms with Crippen molar-refractivity contribution < 1.29 is 0 Å². The Balaban J connectivity index is 1.28. The highest BCUT2D eigenvalue weighted by molar-refractivity contribution is 7.91. The summed E-state index contributed by atoms with van der Waals surface area (Å²) in [6, 6.07) is 98.6. The van der Waals surface area contributed by atoms with Crippen LogP contribution in [0.3, 0.4) is 0 Å². The number of hydrogen-bond donors (Lipinski definition) is 0. The van der Waals surface area contributed by atoms with Gasteiger partial charge in [0.25, 0.3) is 0 Å². The largest absolute Gasteiger partial charge is 0.313 e. The molecule has 0 aromatic heterocycles. The van der Waals surface area contributed by atoms with Gasteiger partial charge in [-0.15, -0.1) is 0 Å². The van der Waals surface area contributed by atoms with Gasteiger partial charge in [-0.05, 0) is 24.3 Å². The molecule has 6 heteroatoms. The summed E-state index contributed by atoms with van der Waals surface area (Å²) in [5, 5.41) is 10.5. The van der Waals surface area contributed by atoms with Gasteiger partial charge in [0.2, 0.25) is 0 Å². The maximum absolute atomic E-state index is 2.77. The lowest BCUT2D eigenvalue weighted by Crippen LogP contribution is -2.32. The Hall–Kier alpha value is -5.70. The smallest absolute Gasteiger partial charge is 0.0590 e. The molecule has 0 aliphatic rings. The fourth-order valence-corrected chi connectivity index (χ4v) is 19.3. The summed E-state index contributed by atoms with van der Waals surface area (Å²) in [6.07, 6.45) is 0. The minimum absolute atomic E-state index is 1.01. The maximum Gasteiger partial charge on any atom is 0.0590 e. The van der Waals surface area contributed by atoms with Crippen molar-refractivity contribution in [3.05, 3.63) is 267 Å². The molecular weight excluding hydrogens is 801 g/mol. The number of hydrogen-bond acceptors (Lipinski definition) is 2. The topological polar surface area (TPSA) is 6.48 Å². The van der Waals surface area contributed by atoms with E-state index in [2.05, 4.69) is 276 Å². The molecule has 9 aromatic carbocycles. The minimum atomic E-state index is -1.01. The molecule has 0 saturated carbocycles. The van der Waals surface area contributed by atoms with Crippen LogP contribution in [0.25, 0.3) is 0 Å². The van der Waals surface area contributed by atoms with Gasteiger partial charge in [-0.25, -0.2) is 0 Å². The van der Waals surface area contributed by atoms with Crippen LogP contribution in [-0.2, 0) is 0 Å². The summed E-state index contributed by atoms with van der Waals surface area (Å²) in [5.74, 6) is 0. The van der Waals surface area contributed by atoms with E-state index in [1.807, 2.05) is 0 Å². The summed E-state index contributed by atoms with van der Waals surface area (Å²) >= 11 is 0. The zero-order chi connectivity index (χ0) is 40.4. The fraction of sp³-hybridized carbons (Fsp3) is 0. The Bertz CT molecular complexity index is 2130. The second kappa shape index (κ2) is 19.6. The van der Waals surface area contributed by atoms with Gasteiger partial charge in [-0.2, -0.15) is 0 Å². The molecule has 9 rings (SSSR count). The Morgan fingerprint density at radius 1 is 0.167 bits per heavy atom. The van der Waals surface area contributed by atoms with Crippen molar-refractivity contribution in [1.29, 1.82) is 0 Å². The van der Waals surface area contributed by atoms with E-state index in [4.69, 9.17) is 0 Å². The van der Waals surface area contributed by atoms with E-state index in [0.717, 1.165) is 0 Å². The summed E-state index contributed by atoms with van der Waals surface area (Å²) in [4.78, 5) is 0. The van der Waals surface area contributed by atoms with Gasteiger partial charge in [-0.3, -0.25) is 0 Å². The number of nitrogens with zero attached hydrogens (tertiary/aromatic N) is 2. The molecule has 0 bridgehead atoms. The molecule has 9 aromatic rings. The van der Waals surface area contributed by atoms with Crippen molar-refractivity contribution in [2.45, 2.75) is 0 Å². The standard InChI is InChI=1S/C54H44N2P4/c1-9-25-47(26-10-1)57(48-27-11-2-12-28-48)55(58(49-29-13-3-14-30-49)50-31-15-4-16-32-50)45-41-43-46(44-42-45)56(59(51-33-17-5-18-34-51)52-35-19-6-20-36-52)60(53-37-21-7-22-38-53)54-39-23-8-24-40-54/h1-44H. The third-order valence-electron chi connectivity index (χ3n) is 10.1. The molecule has 0 heterocycles. The minimum Gasteiger partial charge on any atom is -0.313 e. The predicted molar refractivity (Wildman–Crippen MR) is 268 cm³/mol. The van der Waals surface area contributed by atoms with Crippen LogP contribution >= 0.6 is 32.3 Å². The van der Waals surface area contributed by atoms with E-state index in [-0.39, 0.29) is 0 Å². The van der Waals surface area contributed by atoms with Crippen LogP contribution in [0.2, 0.25) is 0 Å². The highest BCUT2D eigenvalue weighted by Gasteiger charge is 2.35. The molecule has 0 atom stereocenters. The molecule has 0 spiro atoms. The zero-order valence-corrected chi connectivity index (χ0v) is 36.7. The average Bonchev–Trinajstić information content (AvgIpc) is 3.34. The van der Waals surface area contributed by atoms with Crippen molar-refractivity contribution in [1.82, 2.24) is 0 Å². The predicted octanol–water partition coefficient (Wildman–Crippen LogP) is 11.5.